The van der Waals surface area contributed by atoms with E-state index in [1.807, 2.05) is 0 Å². The van der Waals surface area contributed by atoms with E-state index in [4.69, 9.17) is 28.3 Å². The monoisotopic (exact) mass is 357 g/mol. The minimum atomic E-state index is -0.422. The van der Waals surface area contributed by atoms with Gasteiger partial charge in [0, 0.05) is 22.9 Å². The molecule has 1 heterocycles. The number of thioether (sulfide) groups is 1. The zero-order chi connectivity index (χ0) is 16.3. The first kappa shape index (κ1) is 17.1. The predicted molar refractivity (Wildman–Crippen MR) is 89.8 cm³/mol. The minimum Gasteiger partial charge on any atom is -0.396 e. The normalized spacial score (nSPS) is 15.0. The average molecular weight is 358 g/mol. The van der Waals surface area contributed by atoms with E-state index >= 15 is 0 Å². The lowest BCUT2D eigenvalue weighted by atomic mass is 10.1. The van der Waals surface area contributed by atoms with Gasteiger partial charge in [-0.05, 0) is 12.1 Å². The molecule has 0 atom stereocenters. The molecule has 7 heteroatoms. The molecule has 0 aliphatic carbocycles. The van der Waals surface area contributed by atoms with Gasteiger partial charge in [-0.2, -0.15) is 0 Å². The van der Waals surface area contributed by atoms with E-state index in [1.165, 1.54) is 12.1 Å². The van der Waals surface area contributed by atoms with Crippen molar-refractivity contribution in [2.45, 2.75) is 0 Å². The van der Waals surface area contributed by atoms with E-state index in [0.717, 1.165) is 16.7 Å². The fourth-order valence-corrected chi connectivity index (χ4v) is 3.43. The van der Waals surface area contributed by atoms with Crippen LogP contribution in [-0.4, -0.2) is 40.7 Å². The Morgan fingerprint density at radius 3 is 2.59 bits per heavy atom. The van der Waals surface area contributed by atoms with Gasteiger partial charge < -0.3 is 5.11 Å². The lowest BCUT2D eigenvalue weighted by Gasteiger charge is -2.12. The van der Waals surface area contributed by atoms with Crippen LogP contribution in [0.2, 0.25) is 10.0 Å². The maximum atomic E-state index is 12.5. The first-order valence-electron chi connectivity index (χ1n) is 6.41. The van der Waals surface area contributed by atoms with Crippen LogP contribution in [0.5, 0.6) is 0 Å². The van der Waals surface area contributed by atoms with Crippen LogP contribution in [0.3, 0.4) is 0 Å². The van der Waals surface area contributed by atoms with Crippen molar-refractivity contribution in [1.82, 2.24) is 4.90 Å². The number of rotatable bonds is 6. The largest absolute Gasteiger partial charge is 0.396 e. The fraction of sp³-hybridized carbons (Fsp3) is 0.200. The summed E-state index contributed by atoms with van der Waals surface area (Å²) in [4.78, 5) is 26.3. The molecule has 0 saturated carbocycles. The summed E-state index contributed by atoms with van der Waals surface area (Å²) in [5, 5.41) is 9.72. The Balaban J connectivity index is 2.54. The van der Waals surface area contributed by atoms with Crippen molar-refractivity contribution in [3.63, 3.8) is 0 Å². The van der Waals surface area contributed by atoms with Gasteiger partial charge >= 0.3 is 0 Å². The van der Waals surface area contributed by atoms with Crippen molar-refractivity contribution in [3.8, 4) is 0 Å². The summed E-state index contributed by atoms with van der Waals surface area (Å²) < 4.78 is 0. The molecule has 1 aromatic carbocycles. The molecule has 0 aromatic heterocycles. The highest BCUT2D eigenvalue weighted by atomic mass is 35.5. The molecule has 0 fully saturated rings. The number of halogens is 2. The number of amides is 2. The Labute approximate surface area is 142 Å². The molecule has 0 spiro atoms. The van der Waals surface area contributed by atoms with Crippen LogP contribution >= 0.6 is 35.0 Å². The molecule has 1 N–H and O–H groups in total. The number of benzene rings is 1. The maximum Gasteiger partial charge on any atom is 0.268 e. The average Bonchev–Trinajstić information content (AvgIpc) is 2.70. The molecular weight excluding hydrogens is 345 g/mol. The van der Waals surface area contributed by atoms with Crippen LogP contribution in [0.25, 0.3) is 5.57 Å². The number of nitrogens with zero attached hydrogens (tertiary/aromatic N) is 1. The van der Waals surface area contributed by atoms with E-state index in [9.17, 15) is 9.59 Å². The second-order valence-corrected chi connectivity index (χ2v) is 6.36. The first-order chi connectivity index (χ1) is 10.5. The summed E-state index contributed by atoms with van der Waals surface area (Å²) in [6, 6.07) is 4.74. The standard InChI is InChI=1S/C15H13Cl2NO3S/c1-2-5-18-14(20)12(13(15(18)21)22-7-6-19)10-4-3-9(16)8-11(10)17/h2-4,8,19H,1,5-7H2. The highest BCUT2D eigenvalue weighted by Gasteiger charge is 2.39. The van der Waals surface area contributed by atoms with E-state index in [2.05, 4.69) is 6.58 Å². The molecule has 0 unspecified atom stereocenters. The number of aliphatic hydroxyl groups is 1. The lowest BCUT2D eigenvalue weighted by Crippen LogP contribution is -2.31. The Morgan fingerprint density at radius 1 is 1.27 bits per heavy atom. The summed E-state index contributed by atoms with van der Waals surface area (Å²) in [6.45, 7) is 3.57. The van der Waals surface area contributed by atoms with E-state index < -0.39 is 11.8 Å². The molecule has 4 nitrogen and oxygen atoms in total. The molecule has 1 aliphatic heterocycles. The SMILES string of the molecule is C=CCN1C(=O)C(SCCO)=C(c2ccc(Cl)cc2Cl)C1=O. The van der Waals surface area contributed by atoms with Crippen LogP contribution in [0.1, 0.15) is 5.56 Å². The highest BCUT2D eigenvalue weighted by molar-refractivity contribution is 8.04. The van der Waals surface area contributed by atoms with Crippen LogP contribution < -0.4 is 0 Å². The topological polar surface area (TPSA) is 57.6 Å². The molecule has 0 radical (unpaired) electrons. The zero-order valence-corrected chi connectivity index (χ0v) is 13.8. The number of imide groups is 1. The van der Waals surface area contributed by atoms with Gasteiger partial charge in [0.2, 0.25) is 0 Å². The van der Waals surface area contributed by atoms with Gasteiger partial charge in [0.15, 0.2) is 0 Å². The van der Waals surface area contributed by atoms with Crippen molar-refractivity contribution < 1.29 is 14.7 Å². The summed E-state index contributed by atoms with van der Waals surface area (Å²) in [7, 11) is 0. The van der Waals surface area contributed by atoms with Crippen molar-refractivity contribution >= 4 is 52.4 Å². The van der Waals surface area contributed by atoms with Gasteiger partial charge in [0.25, 0.3) is 11.8 Å². The second kappa shape index (κ2) is 7.33. The Bertz CT molecular complexity index is 673. The molecule has 0 bridgehead atoms. The summed E-state index contributed by atoms with van der Waals surface area (Å²) in [5.74, 6) is -0.510. The quantitative estimate of drug-likeness (QED) is 0.628. The van der Waals surface area contributed by atoms with Crippen molar-refractivity contribution in [2.75, 3.05) is 18.9 Å². The number of aliphatic hydroxyl groups excluding tert-OH is 1. The number of hydrogen-bond acceptors (Lipinski definition) is 4. The maximum absolute atomic E-state index is 12.5. The van der Waals surface area contributed by atoms with Gasteiger partial charge in [-0.25, -0.2) is 0 Å². The van der Waals surface area contributed by atoms with Gasteiger partial charge in [0.1, 0.15) is 0 Å². The van der Waals surface area contributed by atoms with Crippen LogP contribution in [-0.2, 0) is 9.59 Å². The second-order valence-electron chi connectivity index (χ2n) is 4.41. The summed E-state index contributed by atoms with van der Waals surface area (Å²) >= 11 is 13.2. The predicted octanol–water partition coefficient (Wildman–Crippen LogP) is 2.98. The van der Waals surface area contributed by atoms with Crippen LogP contribution in [0, 0.1) is 0 Å². The minimum absolute atomic E-state index is 0.0985. The van der Waals surface area contributed by atoms with Crippen molar-refractivity contribution in [3.05, 3.63) is 51.4 Å². The van der Waals surface area contributed by atoms with E-state index in [0.29, 0.717) is 21.4 Å². The number of carbonyl (C=O) groups excluding carboxylic acids is 2. The molecular formula is C15H13Cl2NO3S. The van der Waals surface area contributed by atoms with Gasteiger partial charge in [-0.3, -0.25) is 14.5 Å². The summed E-state index contributed by atoms with van der Waals surface area (Å²) in [5.41, 5.74) is 0.698. The molecule has 2 rings (SSSR count). The molecule has 22 heavy (non-hydrogen) atoms. The Morgan fingerprint density at radius 2 is 2.00 bits per heavy atom. The smallest absolute Gasteiger partial charge is 0.268 e. The van der Waals surface area contributed by atoms with Crippen molar-refractivity contribution in [1.29, 1.82) is 0 Å². The van der Waals surface area contributed by atoms with E-state index in [-0.39, 0.29) is 23.6 Å². The Hall–Kier alpha value is -1.27. The molecule has 116 valence electrons. The molecule has 0 saturated heterocycles. The third kappa shape index (κ3) is 3.22. The van der Waals surface area contributed by atoms with E-state index in [1.54, 1.807) is 12.1 Å². The zero-order valence-electron chi connectivity index (χ0n) is 11.5. The number of carbonyl (C=O) groups is 2. The molecule has 2 amide bonds. The molecule has 1 aromatic rings. The molecule has 1 aliphatic rings. The van der Waals surface area contributed by atoms with Crippen LogP contribution in [0.4, 0.5) is 0 Å². The van der Waals surface area contributed by atoms with Crippen molar-refractivity contribution in [2.24, 2.45) is 0 Å². The highest BCUT2D eigenvalue weighted by Crippen LogP contribution is 2.39. The van der Waals surface area contributed by atoms with Gasteiger partial charge in [-0.15, -0.1) is 18.3 Å². The fourth-order valence-electron chi connectivity index (χ4n) is 2.06. The first-order valence-corrected chi connectivity index (χ1v) is 8.15. The number of hydrogen-bond donors (Lipinski definition) is 1. The third-order valence-corrected chi connectivity index (χ3v) is 4.58. The Kier molecular flexibility index (Phi) is 5.69. The van der Waals surface area contributed by atoms with Gasteiger partial charge in [0.05, 0.1) is 22.1 Å². The van der Waals surface area contributed by atoms with Crippen LogP contribution in [0.15, 0.2) is 35.8 Å². The third-order valence-electron chi connectivity index (χ3n) is 2.98. The van der Waals surface area contributed by atoms with Gasteiger partial charge in [-0.1, -0.05) is 35.3 Å². The lowest BCUT2D eigenvalue weighted by molar-refractivity contribution is -0.135. The summed E-state index contributed by atoms with van der Waals surface area (Å²) in [6.07, 6.45) is 1.48.